The maximum Gasteiger partial charge on any atom is 0.490 e. The number of rotatable bonds is 8. The molecule has 1 heterocycles. The van der Waals surface area contributed by atoms with Crippen LogP contribution in [-0.4, -0.2) is 83.6 Å². The first-order valence-electron chi connectivity index (χ1n) is 12.1. The molecule has 2 aromatic rings. The van der Waals surface area contributed by atoms with Crippen LogP contribution in [0, 0.1) is 0 Å². The fraction of sp³-hybridized carbons (Fsp3) is 0.385. The van der Waals surface area contributed by atoms with Gasteiger partial charge >= 0.3 is 24.3 Å². The third-order valence-electron chi connectivity index (χ3n) is 5.44. The Bertz CT molecular complexity index is 1130. The molecule has 1 aliphatic heterocycles. The number of nitrogens with two attached hydrogens (primary N) is 1. The highest BCUT2D eigenvalue weighted by atomic mass is 19.4. The van der Waals surface area contributed by atoms with Gasteiger partial charge in [-0.05, 0) is 36.1 Å². The number of nitrogens with one attached hydrogen (secondary N) is 1. The number of hydrogen-bond donors (Lipinski definition) is 4. The molecule has 0 saturated carbocycles. The van der Waals surface area contributed by atoms with E-state index in [9.17, 15) is 35.9 Å². The first kappa shape index (κ1) is 35.8. The summed E-state index contributed by atoms with van der Waals surface area (Å²) in [5, 5.41) is 17.5. The maximum atomic E-state index is 12.5. The van der Waals surface area contributed by atoms with E-state index in [0.717, 1.165) is 12.0 Å². The van der Waals surface area contributed by atoms with Crippen LogP contribution in [0.3, 0.4) is 0 Å². The zero-order chi connectivity index (χ0) is 31.9. The number of aryl methyl sites for hydroxylation is 1. The molecule has 0 bridgehead atoms. The van der Waals surface area contributed by atoms with Crippen LogP contribution in [0.2, 0.25) is 0 Å². The van der Waals surface area contributed by atoms with E-state index in [1.807, 2.05) is 59.5 Å². The number of carboxylic acid groups (broad SMARTS) is 2. The molecule has 3 rings (SSSR count). The van der Waals surface area contributed by atoms with Crippen molar-refractivity contribution in [2.45, 2.75) is 37.8 Å². The van der Waals surface area contributed by atoms with E-state index in [-0.39, 0.29) is 11.8 Å². The molecule has 1 fully saturated rings. The third-order valence-corrected chi connectivity index (χ3v) is 5.44. The molecule has 1 aliphatic rings. The summed E-state index contributed by atoms with van der Waals surface area (Å²) in [5.74, 6) is -5.84. The van der Waals surface area contributed by atoms with Crippen LogP contribution in [0.5, 0.6) is 0 Å². The number of ether oxygens (including phenoxy) is 1. The van der Waals surface area contributed by atoms with Crippen molar-refractivity contribution in [1.82, 2.24) is 10.2 Å². The Morgan fingerprint density at radius 3 is 1.74 bits per heavy atom. The number of benzene rings is 2. The first-order valence-corrected chi connectivity index (χ1v) is 12.1. The fourth-order valence-electron chi connectivity index (χ4n) is 3.26. The minimum absolute atomic E-state index is 0.0284. The number of hydrogen-bond acceptors (Lipinski definition) is 6. The lowest BCUT2D eigenvalue weighted by molar-refractivity contribution is -0.193. The van der Waals surface area contributed by atoms with Crippen LogP contribution in [0.15, 0.2) is 54.6 Å². The molecule has 10 nitrogen and oxygen atoms in total. The third kappa shape index (κ3) is 13.9. The molecule has 0 aromatic heterocycles. The predicted molar refractivity (Wildman–Crippen MR) is 135 cm³/mol. The molecule has 42 heavy (non-hydrogen) atoms. The summed E-state index contributed by atoms with van der Waals surface area (Å²) in [4.78, 5) is 43.8. The largest absolute Gasteiger partial charge is 0.490 e. The van der Waals surface area contributed by atoms with Gasteiger partial charge in [0.2, 0.25) is 5.91 Å². The summed E-state index contributed by atoms with van der Waals surface area (Å²) in [7, 11) is 0. The number of nitrogens with zero attached hydrogens (tertiary/aromatic N) is 1. The molecule has 0 spiro atoms. The second-order valence-electron chi connectivity index (χ2n) is 8.57. The Labute approximate surface area is 236 Å². The molecule has 5 N–H and O–H groups in total. The molecule has 0 radical (unpaired) electrons. The summed E-state index contributed by atoms with van der Waals surface area (Å²) < 4.78 is 68.8. The normalized spacial score (nSPS) is 13.9. The Balaban J connectivity index is 0.000000522. The molecule has 0 aliphatic carbocycles. The lowest BCUT2D eigenvalue weighted by atomic mass is 10.0. The number of alkyl halides is 6. The Morgan fingerprint density at radius 2 is 1.31 bits per heavy atom. The van der Waals surface area contributed by atoms with Gasteiger partial charge in [0.15, 0.2) is 0 Å². The Kier molecular flexibility index (Phi) is 14.5. The topological polar surface area (TPSA) is 159 Å². The summed E-state index contributed by atoms with van der Waals surface area (Å²) in [6, 6.07) is 17.1. The minimum atomic E-state index is -5.08. The van der Waals surface area contributed by atoms with Gasteiger partial charge < -0.3 is 30.9 Å². The average Bonchev–Trinajstić information content (AvgIpc) is 2.93. The van der Waals surface area contributed by atoms with Crippen LogP contribution in [0.4, 0.5) is 26.3 Å². The highest BCUT2D eigenvalue weighted by Gasteiger charge is 2.38. The Hall–Kier alpha value is -4.18. The zero-order valence-electron chi connectivity index (χ0n) is 22.0. The lowest BCUT2D eigenvalue weighted by Crippen LogP contribution is -2.41. The summed E-state index contributed by atoms with van der Waals surface area (Å²) in [5.41, 5.74) is 8.40. The minimum Gasteiger partial charge on any atom is -0.475 e. The molecule has 1 atom stereocenters. The molecule has 2 aromatic carbocycles. The van der Waals surface area contributed by atoms with Crippen molar-refractivity contribution in [3.63, 3.8) is 0 Å². The maximum absolute atomic E-state index is 12.5. The van der Waals surface area contributed by atoms with Crippen LogP contribution in [-0.2, 0) is 32.1 Å². The van der Waals surface area contributed by atoms with Crippen molar-refractivity contribution >= 4 is 23.8 Å². The van der Waals surface area contributed by atoms with Gasteiger partial charge in [-0.25, -0.2) is 9.59 Å². The van der Waals surface area contributed by atoms with Crippen molar-refractivity contribution in [3.05, 3.63) is 71.3 Å². The van der Waals surface area contributed by atoms with Crippen molar-refractivity contribution in [1.29, 1.82) is 0 Å². The standard InChI is InChI=1S/C22H27N3O3.2C2HF3O2/c23-21(26)20(11-8-17-4-2-1-3-5-17)24-16-18-6-9-19(10-7-18)22(27)25-12-14-28-15-13-25;2*3-2(4,5)1(6)7/h1-7,9-10,20,24H,8,11-16H2,(H2,23,26);2*(H,6,7). The molecule has 2 amide bonds. The number of morpholine rings is 1. The monoisotopic (exact) mass is 609 g/mol. The van der Waals surface area contributed by atoms with Gasteiger partial charge in [-0.1, -0.05) is 42.5 Å². The number of carbonyl (C=O) groups is 4. The quantitative estimate of drug-likeness (QED) is 0.333. The van der Waals surface area contributed by atoms with Gasteiger partial charge in [-0.3, -0.25) is 9.59 Å². The number of amides is 2. The molecular formula is C26H29F6N3O7. The van der Waals surface area contributed by atoms with Gasteiger partial charge in [0.05, 0.1) is 19.3 Å². The summed E-state index contributed by atoms with van der Waals surface area (Å²) in [6.45, 7) is 2.96. The summed E-state index contributed by atoms with van der Waals surface area (Å²) in [6.07, 6.45) is -8.73. The van der Waals surface area contributed by atoms with Gasteiger partial charge in [0, 0.05) is 25.2 Å². The number of halogens is 6. The lowest BCUT2D eigenvalue weighted by Gasteiger charge is -2.26. The summed E-state index contributed by atoms with van der Waals surface area (Å²) >= 11 is 0. The van der Waals surface area contributed by atoms with Crippen LogP contribution < -0.4 is 11.1 Å². The highest BCUT2D eigenvalue weighted by molar-refractivity contribution is 5.94. The molecular weight excluding hydrogens is 580 g/mol. The number of aliphatic carboxylic acids is 2. The number of carboxylic acids is 2. The molecule has 16 heteroatoms. The van der Waals surface area contributed by atoms with Crippen molar-refractivity contribution in [2.24, 2.45) is 5.73 Å². The van der Waals surface area contributed by atoms with Crippen molar-refractivity contribution < 1.29 is 60.5 Å². The molecule has 232 valence electrons. The number of carbonyl (C=O) groups excluding carboxylic acids is 2. The van der Waals surface area contributed by atoms with Gasteiger partial charge in [-0.2, -0.15) is 26.3 Å². The molecule has 1 saturated heterocycles. The van der Waals surface area contributed by atoms with E-state index in [2.05, 4.69) is 5.32 Å². The van der Waals surface area contributed by atoms with Gasteiger partial charge in [-0.15, -0.1) is 0 Å². The van der Waals surface area contributed by atoms with Gasteiger partial charge in [0.1, 0.15) is 0 Å². The predicted octanol–water partition coefficient (Wildman–Crippen LogP) is 3.00. The van der Waals surface area contributed by atoms with E-state index in [1.165, 1.54) is 5.56 Å². The second-order valence-corrected chi connectivity index (χ2v) is 8.57. The fourth-order valence-corrected chi connectivity index (χ4v) is 3.26. The second kappa shape index (κ2) is 16.9. The molecule has 1 unspecified atom stereocenters. The van der Waals surface area contributed by atoms with E-state index < -0.39 is 30.3 Å². The van der Waals surface area contributed by atoms with Gasteiger partial charge in [0.25, 0.3) is 5.91 Å². The first-order chi connectivity index (χ1) is 19.5. The van der Waals surface area contributed by atoms with Crippen molar-refractivity contribution in [2.75, 3.05) is 26.3 Å². The van der Waals surface area contributed by atoms with E-state index >= 15 is 0 Å². The Morgan fingerprint density at radius 1 is 0.833 bits per heavy atom. The van der Waals surface area contributed by atoms with E-state index in [4.69, 9.17) is 30.3 Å². The SMILES string of the molecule is NC(=O)C(CCc1ccccc1)NCc1ccc(C(=O)N2CCOCC2)cc1.O=C(O)C(F)(F)F.O=C(O)C(F)(F)F. The van der Waals surface area contributed by atoms with E-state index in [1.54, 1.807) is 0 Å². The van der Waals surface area contributed by atoms with E-state index in [0.29, 0.717) is 44.8 Å². The smallest absolute Gasteiger partial charge is 0.475 e. The number of primary amides is 1. The van der Waals surface area contributed by atoms with Crippen molar-refractivity contribution in [3.8, 4) is 0 Å². The highest BCUT2D eigenvalue weighted by Crippen LogP contribution is 2.14. The van der Waals surface area contributed by atoms with Crippen LogP contribution in [0.25, 0.3) is 0 Å². The van der Waals surface area contributed by atoms with Crippen LogP contribution in [0.1, 0.15) is 27.9 Å². The van der Waals surface area contributed by atoms with Crippen LogP contribution >= 0.6 is 0 Å². The average molecular weight is 610 g/mol. The zero-order valence-corrected chi connectivity index (χ0v) is 22.0.